The van der Waals surface area contributed by atoms with Crippen molar-refractivity contribution >= 4 is 0 Å². The van der Waals surface area contributed by atoms with E-state index >= 15 is 0 Å². The highest BCUT2D eigenvalue weighted by Gasteiger charge is 2.29. The van der Waals surface area contributed by atoms with Gasteiger partial charge in [0.25, 0.3) is 0 Å². The largest absolute Gasteiger partial charge is 0.394 e. The number of aliphatic hydroxyl groups excluding tert-OH is 5. The molecule has 0 aliphatic rings. The van der Waals surface area contributed by atoms with Crippen molar-refractivity contribution in [1.29, 1.82) is 0 Å². The molecule has 98 valence electrons. The van der Waals surface area contributed by atoms with E-state index in [9.17, 15) is 15.3 Å². The van der Waals surface area contributed by atoms with Crippen LogP contribution in [0.5, 0.6) is 0 Å². The van der Waals surface area contributed by atoms with Crippen LogP contribution in [0.1, 0.15) is 20.3 Å². The predicted molar refractivity (Wildman–Crippen MR) is 58.9 cm³/mol. The third kappa shape index (κ3) is 5.20. The highest BCUT2D eigenvalue weighted by atomic mass is 16.4. The molecule has 0 saturated heterocycles. The van der Waals surface area contributed by atoms with Crippen LogP contribution in [0.3, 0.4) is 0 Å². The minimum atomic E-state index is -1.56. The second-order valence-corrected chi connectivity index (χ2v) is 4.02. The Morgan fingerprint density at radius 2 is 1.50 bits per heavy atom. The van der Waals surface area contributed by atoms with Crippen LogP contribution in [0.25, 0.3) is 0 Å². The molecule has 1 unspecified atom stereocenters. The first-order chi connectivity index (χ1) is 7.43. The van der Waals surface area contributed by atoms with Gasteiger partial charge in [0.05, 0.1) is 12.7 Å². The third-order valence-electron chi connectivity index (χ3n) is 2.61. The van der Waals surface area contributed by atoms with E-state index in [1.807, 2.05) is 13.8 Å². The monoisotopic (exact) mass is 237 g/mol. The zero-order chi connectivity index (χ0) is 12.7. The molecule has 0 fully saturated rings. The summed E-state index contributed by atoms with van der Waals surface area (Å²) in [5.74, 6) is 0. The number of hydrogen-bond acceptors (Lipinski definition) is 6. The Kier molecular flexibility index (Phi) is 7.82. The Labute approximate surface area is 95.5 Å². The highest BCUT2D eigenvalue weighted by Crippen LogP contribution is 2.04. The molecule has 5 atom stereocenters. The van der Waals surface area contributed by atoms with Crippen LogP contribution in [0.15, 0.2) is 0 Å². The lowest BCUT2D eigenvalue weighted by atomic mass is 10.0. The average Bonchev–Trinajstić information content (AvgIpc) is 2.32. The summed E-state index contributed by atoms with van der Waals surface area (Å²) < 4.78 is 0. The lowest BCUT2D eigenvalue weighted by Crippen LogP contribution is -2.49. The topological polar surface area (TPSA) is 113 Å². The minimum Gasteiger partial charge on any atom is -0.394 e. The maximum absolute atomic E-state index is 9.51. The molecule has 16 heavy (non-hydrogen) atoms. The van der Waals surface area contributed by atoms with Crippen LogP contribution in [0, 0.1) is 0 Å². The molecule has 0 heterocycles. The molecule has 6 N–H and O–H groups in total. The average molecular weight is 237 g/mol. The summed E-state index contributed by atoms with van der Waals surface area (Å²) in [5.41, 5.74) is 0. The summed E-state index contributed by atoms with van der Waals surface area (Å²) in [4.78, 5) is 0. The van der Waals surface area contributed by atoms with E-state index in [0.717, 1.165) is 6.42 Å². The van der Waals surface area contributed by atoms with Crippen molar-refractivity contribution in [3.8, 4) is 0 Å². The molecule has 6 nitrogen and oxygen atoms in total. The van der Waals surface area contributed by atoms with Gasteiger partial charge in [-0.3, -0.25) is 0 Å². The van der Waals surface area contributed by atoms with Crippen molar-refractivity contribution < 1.29 is 25.5 Å². The van der Waals surface area contributed by atoms with Gasteiger partial charge in [0.15, 0.2) is 0 Å². The molecule has 0 saturated carbocycles. The fraction of sp³-hybridized carbons (Fsp3) is 1.00. The number of nitrogens with one attached hydrogen (secondary N) is 1. The maximum Gasteiger partial charge on any atom is 0.111 e. The Hall–Kier alpha value is -0.240. The fourth-order valence-electron chi connectivity index (χ4n) is 1.15. The van der Waals surface area contributed by atoms with E-state index in [1.165, 1.54) is 0 Å². The summed E-state index contributed by atoms with van der Waals surface area (Å²) in [6, 6.07) is 0.196. The fourth-order valence-corrected chi connectivity index (χ4v) is 1.15. The zero-order valence-electron chi connectivity index (χ0n) is 9.74. The number of aliphatic hydroxyl groups is 5. The molecule has 0 aromatic heterocycles. The molecule has 0 amide bonds. The molecule has 0 spiro atoms. The van der Waals surface area contributed by atoms with Gasteiger partial charge in [-0.25, -0.2) is 0 Å². The molecule has 0 aromatic carbocycles. The van der Waals surface area contributed by atoms with Crippen LogP contribution < -0.4 is 5.32 Å². The van der Waals surface area contributed by atoms with E-state index < -0.39 is 31.0 Å². The second kappa shape index (κ2) is 7.94. The summed E-state index contributed by atoms with van der Waals surface area (Å²) in [7, 11) is 0. The molecule has 0 aromatic rings. The van der Waals surface area contributed by atoms with Crippen LogP contribution in [0.4, 0.5) is 0 Å². The first-order valence-corrected chi connectivity index (χ1v) is 5.50. The molecule has 6 heteroatoms. The van der Waals surface area contributed by atoms with Crippen LogP contribution in [-0.4, -0.2) is 69.1 Å². The normalized spacial score (nSPS) is 21.2. The van der Waals surface area contributed by atoms with Gasteiger partial charge < -0.3 is 30.8 Å². The van der Waals surface area contributed by atoms with Gasteiger partial charge in [0.1, 0.15) is 18.3 Å². The van der Waals surface area contributed by atoms with Crippen LogP contribution >= 0.6 is 0 Å². The van der Waals surface area contributed by atoms with Crippen LogP contribution in [0.2, 0.25) is 0 Å². The predicted octanol–water partition coefficient (Wildman–Crippen LogP) is -2.19. The Balaban J connectivity index is 4.02. The van der Waals surface area contributed by atoms with Crippen molar-refractivity contribution in [1.82, 2.24) is 5.32 Å². The molecule has 0 radical (unpaired) electrons. The number of rotatable bonds is 8. The van der Waals surface area contributed by atoms with Crippen molar-refractivity contribution in [3.63, 3.8) is 0 Å². The van der Waals surface area contributed by atoms with Crippen LogP contribution in [-0.2, 0) is 0 Å². The van der Waals surface area contributed by atoms with E-state index in [0.29, 0.717) is 0 Å². The summed E-state index contributed by atoms with van der Waals surface area (Å²) in [6.45, 7) is 3.36. The Morgan fingerprint density at radius 1 is 1.00 bits per heavy atom. The Morgan fingerprint density at radius 3 is 1.94 bits per heavy atom. The lowest BCUT2D eigenvalue weighted by Gasteiger charge is -2.26. The minimum absolute atomic E-state index is 0.116. The van der Waals surface area contributed by atoms with Crippen molar-refractivity contribution in [2.45, 2.75) is 50.7 Å². The Bertz CT molecular complexity index is 181. The first-order valence-electron chi connectivity index (χ1n) is 5.50. The standard InChI is InChI=1S/C10H23NO5/c1-3-6(2)11-4-7(13)9(15)10(16)8(14)5-12/h6-16H,3-5H2,1-2H3/t6?,7-,8+,9+,10+/m0/s1. The van der Waals surface area contributed by atoms with Gasteiger partial charge in [-0.15, -0.1) is 0 Å². The van der Waals surface area contributed by atoms with E-state index in [-0.39, 0.29) is 12.6 Å². The van der Waals surface area contributed by atoms with E-state index in [4.69, 9.17) is 10.2 Å². The summed E-state index contributed by atoms with van der Waals surface area (Å²) in [5, 5.41) is 48.9. The molecule has 0 aliphatic heterocycles. The second-order valence-electron chi connectivity index (χ2n) is 4.02. The first kappa shape index (κ1) is 15.8. The van der Waals surface area contributed by atoms with E-state index in [1.54, 1.807) is 0 Å². The molecule has 0 bridgehead atoms. The molecular formula is C10H23NO5. The van der Waals surface area contributed by atoms with Gasteiger partial charge in [-0.2, -0.15) is 0 Å². The summed E-state index contributed by atoms with van der Waals surface area (Å²) >= 11 is 0. The highest BCUT2D eigenvalue weighted by molar-refractivity contribution is 4.82. The lowest BCUT2D eigenvalue weighted by molar-refractivity contribution is -0.114. The van der Waals surface area contributed by atoms with Crippen molar-refractivity contribution in [2.75, 3.05) is 13.2 Å². The van der Waals surface area contributed by atoms with Gasteiger partial charge in [0.2, 0.25) is 0 Å². The molecular weight excluding hydrogens is 214 g/mol. The zero-order valence-corrected chi connectivity index (χ0v) is 9.74. The SMILES string of the molecule is CCC(C)NC[C@H](O)[C@@H](O)[C@H](O)[C@H](O)CO. The van der Waals surface area contributed by atoms with Gasteiger partial charge in [0, 0.05) is 12.6 Å². The molecule has 0 rings (SSSR count). The van der Waals surface area contributed by atoms with Crippen molar-refractivity contribution in [2.24, 2.45) is 0 Å². The van der Waals surface area contributed by atoms with Gasteiger partial charge >= 0.3 is 0 Å². The van der Waals surface area contributed by atoms with Gasteiger partial charge in [-0.05, 0) is 13.3 Å². The maximum atomic E-state index is 9.51. The molecule has 0 aliphatic carbocycles. The van der Waals surface area contributed by atoms with Gasteiger partial charge in [-0.1, -0.05) is 6.92 Å². The van der Waals surface area contributed by atoms with Crippen molar-refractivity contribution in [3.05, 3.63) is 0 Å². The third-order valence-corrected chi connectivity index (χ3v) is 2.61. The van der Waals surface area contributed by atoms with E-state index in [2.05, 4.69) is 5.32 Å². The quantitative estimate of drug-likeness (QED) is 0.286. The number of hydrogen-bond donors (Lipinski definition) is 6. The smallest absolute Gasteiger partial charge is 0.111 e. The summed E-state index contributed by atoms with van der Waals surface area (Å²) in [6.07, 6.45) is -4.80.